The van der Waals surface area contributed by atoms with Gasteiger partial charge in [-0.3, -0.25) is 4.99 Å². The zero-order valence-electron chi connectivity index (χ0n) is 17.6. The lowest BCUT2D eigenvalue weighted by Gasteiger charge is -2.34. The van der Waals surface area contributed by atoms with Crippen LogP contribution in [0.1, 0.15) is 53.9 Å². The number of guanidine groups is 1. The van der Waals surface area contributed by atoms with E-state index < -0.39 is 17.2 Å². The van der Waals surface area contributed by atoms with Crippen molar-refractivity contribution in [3.05, 3.63) is 18.7 Å². The molecule has 8 nitrogen and oxygen atoms in total. The molecule has 0 aliphatic carbocycles. The summed E-state index contributed by atoms with van der Waals surface area (Å²) in [4.78, 5) is 20.5. The zero-order chi connectivity index (χ0) is 20.3. The van der Waals surface area contributed by atoms with E-state index in [1.54, 1.807) is 13.2 Å². The van der Waals surface area contributed by atoms with Gasteiger partial charge in [-0.25, -0.2) is 9.78 Å². The van der Waals surface area contributed by atoms with E-state index in [1.165, 1.54) is 0 Å². The van der Waals surface area contributed by atoms with Gasteiger partial charge in [0, 0.05) is 39.1 Å². The number of nitrogens with one attached hydrogen (secondary N) is 3. The van der Waals surface area contributed by atoms with Crippen LogP contribution in [0.2, 0.25) is 0 Å². The molecule has 0 aliphatic rings. The summed E-state index contributed by atoms with van der Waals surface area (Å²) in [6.45, 7) is 12.0. The van der Waals surface area contributed by atoms with Gasteiger partial charge in [-0.1, -0.05) is 13.8 Å². The Kier molecular flexibility index (Phi) is 9.11. The Balaban J connectivity index is 2.48. The highest BCUT2D eigenvalue weighted by atomic mass is 16.6. The highest BCUT2D eigenvalue weighted by molar-refractivity contribution is 5.79. The van der Waals surface area contributed by atoms with E-state index in [-0.39, 0.29) is 0 Å². The van der Waals surface area contributed by atoms with Gasteiger partial charge in [0.25, 0.3) is 0 Å². The minimum absolute atomic E-state index is 0.392. The third kappa shape index (κ3) is 8.79. The first kappa shape index (κ1) is 22.8. The van der Waals surface area contributed by atoms with E-state index >= 15 is 0 Å². The maximum atomic E-state index is 12.2. The molecule has 154 valence electrons. The Labute approximate surface area is 163 Å². The van der Waals surface area contributed by atoms with Gasteiger partial charge in [-0.2, -0.15) is 0 Å². The van der Waals surface area contributed by atoms with Gasteiger partial charge >= 0.3 is 6.09 Å². The second kappa shape index (κ2) is 10.8. The van der Waals surface area contributed by atoms with Gasteiger partial charge in [-0.15, -0.1) is 0 Å². The number of rotatable bonds is 9. The molecule has 1 aromatic heterocycles. The zero-order valence-corrected chi connectivity index (χ0v) is 17.6. The second-order valence-electron chi connectivity index (χ2n) is 7.62. The molecule has 1 rings (SSSR count). The summed E-state index contributed by atoms with van der Waals surface area (Å²) in [5, 5.41) is 9.66. The van der Waals surface area contributed by atoms with E-state index in [1.807, 2.05) is 37.9 Å². The van der Waals surface area contributed by atoms with E-state index in [9.17, 15) is 4.79 Å². The first-order valence-corrected chi connectivity index (χ1v) is 9.65. The number of imidazole rings is 1. The number of amides is 1. The van der Waals surface area contributed by atoms with Crippen molar-refractivity contribution < 1.29 is 9.53 Å². The number of aromatic nitrogens is 2. The summed E-state index contributed by atoms with van der Waals surface area (Å²) in [6.07, 6.45) is 7.68. The Morgan fingerprint density at radius 1 is 1.22 bits per heavy atom. The fourth-order valence-electron chi connectivity index (χ4n) is 2.60. The topological polar surface area (TPSA) is 92.6 Å². The van der Waals surface area contributed by atoms with Crippen LogP contribution in [0.4, 0.5) is 4.79 Å². The van der Waals surface area contributed by atoms with E-state index in [4.69, 9.17) is 4.74 Å². The van der Waals surface area contributed by atoms with Gasteiger partial charge in [-0.05, 0) is 40.0 Å². The van der Waals surface area contributed by atoms with Crippen LogP contribution in [-0.2, 0) is 11.3 Å². The molecule has 0 aromatic carbocycles. The van der Waals surface area contributed by atoms with Gasteiger partial charge < -0.3 is 25.3 Å². The largest absolute Gasteiger partial charge is 0.444 e. The third-order valence-corrected chi connectivity index (χ3v) is 4.38. The number of nitrogens with zero attached hydrogens (tertiary/aromatic N) is 3. The van der Waals surface area contributed by atoms with Crippen molar-refractivity contribution >= 4 is 12.1 Å². The molecule has 8 heteroatoms. The van der Waals surface area contributed by atoms with Crippen LogP contribution in [0.15, 0.2) is 23.7 Å². The second-order valence-corrected chi connectivity index (χ2v) is 7.62. The highest BCUT2D eigenvalue weighted by Crippen LogP contribution is 2.16. The average molecular weight is 381 g/mol. The van der Waals surface area contributed by atoms with Gasteiger partial charge in [0.05, 0.1) is 11.9 Å². The predicted molar refractivity (Wildman–Crippen MR) is 109 cm³/mol. The monoisotopic (exact) mass is 380 g/mol. The Hall–Kier alpha value is -2.25. The molecule has 3 N–H and O–H groups in total. The highest BCUT2D eigenvalue weighted by Gasteiger charge is 2.30. The maximum Gasteiger partial charge on any atom is 0.408 e. The number of carbonyl (C=O) groups is 1. The average Bonchev–Trinajstić information content (AvgIpc) is 3.11. The molecule has 0 bridgehead atoms. The van der Waals surface area contributed by atoms with Crippen LogP contribution >= 0.6 is 0 Å². The molecule has 0 unspecified atom stereocenters. The van der Waals surface area contributed by atoms with Gasteiger partial charge in [0.1, 0.15) is 5.60 Å². The van der Waals surface area contributed by atoms with Crippen molar-refractivity contribution in [2.24, 2.45) is 4.99 Å². The molecule has 1 amide bonds. The normalized spacial score (nSPS) is 12.6. The number of aliphatic imine (C=N–C) groups is 1. The van der Waals surface area contributed by atoms with Crippen molar-refractivity contribution in [2.75, 3.05) is 20.1 Å². The summed E-state index contributed by atoms with van der Waals surface area (Å²) in [5.74, 6) is 0.720. The lowest BCUT2D eigenvalue weighted by atomic mass is 9.93. The molecule has 0 spiro atoms. The van der Waals surface area contributed by atoms with Crippen LogP contribution in [-0.4, -0.2) is 52.9 Å². The standard InChI is InChI=1S/C19H36N6O2/c1-7-19(8-2,24-17(26)27-18(3,4)5)14-23-16(20-6)22-10-9-12-25-13-11-21-15-25/h11,13,15H,7-10,12,14H2,1-6H3,(H,24,26)(H2,20,22,23). The minimum Gasteiger partial charge on any atom is -0.444 e. The molecular weight excluding hydrogens is 344 g/mol. The molecule has 0 aliphatic heterocycles. The van der Waals surface area contributed by atoms with Crippen LogP contribution in [0.5, 0.6) is 0 Å². The molecule has 1 aromatic rings. The lowest BCUT2D eigenvalue weighted by Crippen LogP contribution is -2.57. The van der Waals surface area contributed by atoms with Crippen molar-refractivity contribution in [1.82, 2.24) is 25.5 Å². The van der Waals surface area contributed by atoms with Crippen LogP contribution in [0.25, 0.3) is 0 Å². The van der Waals surface area contributed by atoms with Crippen molar-refractivity contribution in [1.29, 1.82) is 0 Å². The number of hydrogen-bond acceptors (Lipinski definition) is 4. The summed E-state index contributed by atoms with van der Waals surface area (Å²) < 4.78 is 7.46. The van der Waals surface area contributed by atoms with Crippen LogP contribution < -0.4 is 16.0 Å². The molecule has 1 heterocycles. The molecule has 27 heavy (non-hydrogen) atoms. The minimum atomic E-state index is -0.516. The molecule has 0 radical (unpaired) electrons. The first-order chi connectivity index (χ1) is 12.7. The van der Waals surface area contributed by atoms with Crippen molar-refractivity contribution in [2.45, 2.75) is 71.6 Å². The summed E-state index contributed by atoms with van der Waals surface area (Å²) in [7, 11) is 1.74. The molecule has 0 fully saturated rings. The Bertz CT molecular complexity index is 574. The van der Waals surface area contributed by atoms with Crippen LogP contribution in [0.3, 0.4) is 0 Å². The van der Waals surface area contributed by atoms with E-state index in [0.717, 1.165) is 38.3 Å². The predicted octanol–water partition coefficient (Wildman–Crippen LogP) is 2.52. The maximum absolute atomic E-state index is 12.2. The summed E-state index contributed by atoms with van der Waals surface area (Å²) in [6, 6.07) is 0. The smallest absolute Gasteiger partial charge is 0.408 e. The van der Waals surface area contributed by atoms with E-state index in [0.29, 0.717) is 6.54 Å². The number of carbonyl (C=O) groups excluding carboxylic acids is 1. The van der Waals surface area contributed by atoms with Gasteiger partial charge in [0.15, 0.2) is 5.96 Å². The number of alkyl carbamates (subject to hydrolysis) is 1. The summed E-state index contributed by atoms with van der Waals surface area (Å²) in [5.41, 5.74) is -0.908. The quantitative estimate of drug-likeness (QED) is 0.348. The van der Waals surface area contributed by atoms with Crippen molar-refractivity contribution in [3.63, 3.8) is 0 Å². The number of aryl methyl sites for hydroxylation is 1. The van der Waals surface area contributed by atoms with Crippen LogP contribution in [0, 0.1) is 0 Å². The first-order valence-electron chi connectivity index (χ1n) is 9.65. The molecular formula is C19H36N6O2. The lowest BCUT2D eigenvalue weighted by molar-refractivity contribution is 0.0448. The number of ether oxygens (including phenoxy) is 1. The van der Waals surface area contributed by atoms with Gasteiger partial charge in [0.2, 0.25) is 0 Å². The third-order valence-electron chi connectivity index (χ3n) is 4.38. The molecule has 0 saturated carbocycles. The summed E-state index contributed by atoms with van der Waals surface area (Å²) >= 11 is 0. The molecule has 0 atom stereocenters. The molecule has 0 saturated heterocycles. The van der Waals surface area contributed by atoms with E-state index in [2.05, 4.69) is 39.8 Å². The Morgan fingerprint density at radius 2 is 1.93 bits per heavy atom. The Morgan fingerprint density at radius 3 is 2.44 bits per heavy atom. The fraction of sp³-hybridized carbons (Fsp3) is 0.737. The van der Waals surface area contributed by atoms with Crippen molar-refractivity contribution in [3.8, 4) is 0 Å². The SMILES string of the molecule is CCC(CC)(CNC(=NC)NCCCn1ccnc1)NC(=O)OC(C)(C)C. The number of hydrogen-bond donors (Lipinski definition) is 3. The fourth-order valence-corrected chi connectivity index (χ4v) is 2.60.